The van der Waals surface area contributed by atoms with Gasteiger partial charge in [0.15, 0.2) is 0 Å². The minimum absolute atomic E-state index is 0.407. The SMILES string of the molecule is Cc1ccccc1/C(=C(\c1ccc(/C=C/C(=O)O)cc1)c1ccc2[nH]ncc2c1C#N)C1CCC1. The number of aromatic amines is 1. The zero-order chi connectivity index (χ0) is 24.4. The van der Waals surface area contributed by atoms with Gasteiger partial charge in [0, 0.05) is 17.0 Å². The van der Waals surface area contributed by atoms with Crippen LogP contribution in [0.4, 0.5) is 0 Å². The van der Waals surface area contributed by atoms with E-state index in [2.05, 4.69) is 47.5 Å². The molecule has 4 aromatic rings. The number of fused-ring (bicyclic) bond motifs is 1. The van der Waals surface area contributed by atoms with Crippen LogP contribution in [-0.4, -0.2) is 21.3 Å². The molecule has 0 aliphatic heterocycles. The molecule has 0 amide bonds. The number of nitrogens with one attached hydrogen (secondary N) is 1. The molecule has 0 radical (unpaired) electrons. The van der Waals surface area contributed by atoms with E-state index >= 15 is 0 Å². The summed E-state index contributed by atoms with van der Waals surface area (Å²) < 4.78 is 0. The number of carbonyl (C=O) groups is 1. The molecule has 1 saturated carbocycles. The van der Waals surface area contributed by atoms with Crippen LogP contribution < -0.4 is 0 Å². The van der Waals surface area contributed by atoms with Gasteiger partial charge in [-0.3, -0.25) is 5.10 Å². The number of allylic oxidation sites excluding steroid dienone is 1. The average molecular weight is 460 g/mol. The van der Waals surface area contributed by atoms with Crippen LogP contribution in [-0.2, 0) is 4.79 Å². The van der Waals surface area contributed by atoms with Gasteiger partial charge >= 0.3 is 5.97 Å². The fraction of sp³-hybridized carbons (Fsp3) is 0.167. The molecule has 1 aromatic heterocycles. The lowest BCUT2D eigenvalue weighted by atomic mass is 9.72. The number of hydrogen-bond acceptors (Lipinski definition) is 3. The Bertz CT molecular complexity index is 1510. The first kappa shape index (κ1) is 22.4. The first-order valence-corrected chi connectivity index (χ1v) is 11.7. The van der Waals surface area contributed by atoms with E-state index in [1.165, 1.54) is 23.1 Å². The summed E-state index contributed by atoms with van der Waals surface area (Å²) in [6, 6.07) is 22.8. The van der Waals surface area contributed by atoms with Crippen molar-refractivity contribution in [1.82, 2.24) is 10.2 Å². The van der Waals surface area contributed by atoms with Crippen molar-refractivity contribution in [2.45, 2.75) is 26.2 Å². The zero-order valence-corrected chi connectivity index (χ0v) is 19.5. The lowest BCUT2D eigenvalue weighted by Crippen LogP contribution is -2.16. The minimum atomic E-state index is -0.978. The van der Waals surface area contributed by atoms with Crippen molar-refractivity contribution in [2.24, 2.45) is 5.92 Å². The molecule has 172 valence electrons. The van der Waals surface area contributed by atoms with Crippen LogP contribution in [0.3, 0.4) is 0 Å². The van der Waals surface area contributed by atoms with Gasteiger partial charge in [-0.05, 0) is 71.2 Å². The Morgan fingerprint density at radius 1 is 1.09 bits per heavy atom. The number of carboxylic acid groups (broad SMARTS) is 1. The normalized spacial score (nSPS) is 14.5. The number of aliphatic carboxylic acids is 1. The highest BCUT2D eigenvalue weighted by Crippen LogP contribution is 2.46. The van der Waals surface area contributed by atoms with Crippen molar-refractivity contribution in [1.29, 1.82) is 5.26 Å². The fourth-order valence-electron chi connectivity index (χ4n) is 4.86. The average Bonchev–Trinajstić information content (AvgIpc) is 3.31. The smallest absolute Gasteiger partial charge is 0.328 e. The van der Waals surface area contributed by atoms with E-state index in [0.29, 0.717) is 11.5 Å². The van der Waals surface area contributed by atoms with Crippen molar-refractivity contribution in [3.8, 4) is 6.07 Å². The first-order chi connectivity index (χ1) is 17.1. The molecule has 2 N–H and O–H groups in total. The Balaban J connectivity index is 1.81. The number of rotatable bonds is 6. The predicted octanol–water partition coefficient (Wildman–Crippen LogP) is 6.60. The van der Waals surface area contributed by atoms with E-state index in [0.717, 1.165) is 52.1 Å². The molecule has 1 aliphatic rings. The maximum atomic E-state index is 10.9. The van der Waals surface area contributed by atoms with Crippen LogP contribution in [0, 0.1) is 24.2 Å². The van der Waals surface area contributed by atoms with Crippen molar-refractivity contribution in [3.63, 3.8) is 0 Å². The standard InChI is InChI=1S/C30H25N3O2/c1-19-5-2-3-8-23(19)29(21-6-4-7-21)30(22-12-9-20(10-13-22)11-16-28(34)35)24-14-15-27-26(18-32-33-27)25(24)17-31/h2-3,5,8-16,18,21H,4,6-7H2,1H3,(H,32,33)(H,34,35)/b16-11+,30-29+. The molecule has 0 spiro atoms. The topological polar surface area (TPSA) is 89.8 Å². The second-order valence-corrected chi connectivity index (χ2v) is 8.96. The summed E-state index contributed by atoms with van der Waals surface area (Å²) in [5.41, 5.74) is 8.87. The number of nitrogens with zero attached hydrogens (tertiary/aromatic N) is 2. The van der Waals surface area contributed by atoms with Crippen LogP contribution in [0.25, 0.3) is 28.1 Å². The van der Waals surface area contributed by atoms with Crippen molar-refractivity contribution >= 4 is 34.1 Å². The maximum Gasteiger partial charge on any atom is 0.328 e. The highest BCUT2D eigenvalue weighted by atomic mass is 16.4. The summed E-state index contributed by atoms with van der Waals surface area (Å²) >= 11 is 0. The largest absolute Gasteiger partial charge is 0.478 e. The first-order valence-electron chi connectivity index (χ1n) is 11.7. The van der Waals surface area contributed by atoms with E-state index in [9.17, 15) is 10.1 Å². The van der Waals surface area contributed by atoms with Gasteiger partial charge in [0.2, 0.25) is 0 Å². The van der Waals surface area contributed by atoms with E-state index in [1.54, 1.807) is 12.3 Å². The summed E-state index contributed by atoms with van der Waals surface area (Å²) in [6.45, 7) is 2.13. The highest BCUT2D eigenvalue weighted by Gasteiger charge is 2.29. The van der Waals surface area contributed by atoms with Gasteiger partial charge in [-0.25, -0.2) is 4.79 Å². The summed E-state index contributed by atoms with van der Waals surface area (Å²) in [5.74, 6) is -0.571. The van der Waals surface area contributed by atoms with Gasteiger partial charge in [0.25, 0.3) is 0 Å². The number of carboxylic acids is 1. The second-order valence-electron chi connectivity index (χ2n) is 8.96. The molecule has 1 heterocycles. The van der Waals surface area contributed by atoms with E-state index < -0.39 is 5.97 Å². The van der Waals surface area contributed by atoms with Crippen LogP contribution in [0.2, 0.25) is 0 Å². The summed E-state index contributed by atoms with van der Waals surface area (Å²) in [6.07, 6.45) is 7.86. The Kier molecular flexibility index (Phi) is 6.03. The Morgan fingerprint density at radius 3 is 2.51 bits per heavy atom. The number of aromatic nitrogens is 2. The third-order valence-corrected chi connectivity index (χ3v) is 6.84. The van der Waals surface area contributed by atoms with Crippen molar-refractivity contribution < 1.29 is 9.90 Å². The van der Waals surface area contributed by atoms with Crippen molar-refractivity contribution in [2.75, 3.05) is 0 Å². The van der Waals surface area contributed by atoms with Gasteiger partial charge in [-0.15, -0.1) is 0 Å². The number of nitriles is 1. The number of hydrogen-bond donors (Lipinski definition) is 2. The third-order valence-electron chi connectivity index (χ3n) is 6.84. The molecule has 5 nitrogen and oxygen atoms in total. The Hall–Kier alpha value is -4.43. The Labute approximate surface area is 204 Å². The van der Waals surface area contributed by atoms with Gasteiger partial charge in [-0.1, -0.05) is 61.0 Å². The lowest BCUT2D eigenvalue weighted by molar-refractivity contribution is -0.131. The molecule has 1 aliphatic carbocycles. The molecule has 0 bridgehead atoms. The molecule has 0 saturated heterocycles. The summed E-state index contributed by atoms with van der Waals surface area (Å²) in [7, 11) is 0. The second kappa shape index (κ2) is 9.44. The van der Waals surface area contributed by atoms with Crippen LogP contribution in [0.5, 0.6) is 0 Å². The molecule has 5 rings (SSSR count). The molecule has 0 unspecified atom stereocenters. The van der Waals surface area contributed by atoms with Gasteiger partial charge in [-0.2, -0.15) is 10.4 Å². The monoisotopic (exact) mass is 459 g/mol. The van der Waals surface area contributed by atoms with E-state index in [4.69, 9.17) is 5.11 Å². The zero-order valence-electron chi connectivity index (χ0n) is 19.5. The quantitative estimate of drug-likeness (QED) is 0.251. The van der Waals surface area contributed by atoms with Crippen LogP contribution >= 0.6 is 0 Å². The molecule has 3 aromatic carbocycles. The van der Waals surface area contributed by atoms with Gasteiger partial charge in [0.05, 0.1) is 17.3 Å². The number of H-pyrrole nitrogens is 1. The fourth-order valence-corrected chi connectivity index (χ4v) is 4.86. The third kappa shape index (κ3) is 4.27. The molecule has 5 heteroatoms. The van der Waals surface area contributed by atoms with E-state index in [-0.39, 0.29) is 0 Å². The Morgan fingerprint density at radius 2 is 1.86 bits per heavy atom. The predicted molar refractivity (Wildman–Crippen MR) is 138 cm³/mol. The van der Waals surface area contributed by atoms with Gasteiger partial charge < -0.3 is 5.11 Å². The van der Waals surface area contributed by atoms with E-state index in [1.807, 2.05) is 36.4 Å². The summed E-state index contributed by atoms with van der Waals surface area (Å²) in [5, 5.41) is 27.2. The number of benzene rings is 3. The van der Waals surface area contributed by atoms with Crippen LogP contribution in [0.1, 0.15) is 52.6 Å². The highest BCUT2D eigenvalue weighted by molar-refractivity contribution is 6.04. The van der Waals surface area contributed by atoms with Crippen molar-refractivity contribution in [3.05, 3.63) is 106 Å². The molecule has 1 fully saturated rings. The number of aryl methyl sites for hydroxylation is 1. The molecule has 0 atom stereocenters. The molecule has 35 heavy (non-hydrogen) atoms. The molecular weight excluding hydrogens is 434 g/mol. The summed E-state index contributed by atoms with van der Waals surface area (Å²) in [4.78, 5) is 10.9. The lowest BCUT2D eigenvalue weighted by Gasteiger charge is -2.32. The van der Waals surface area contributed by atoms with Gasteiger partial charge in [0.1, 0.15) is 6.07 Å². The maximum absolute atomic E-state index is 10.9. The minimum Gasteiger partial charge on any atom is -0.478 e. The van der Waals surface area contributed by atoms with Crippen LogP contribution in [0.15, 0.2) is 72.9 Å². The molecular formula is C30H25N3O2.